The molecule has 1 aromatic carbocycles. The van der Waals surface area contributed by atoms with Gasteiger partial charge in [0, 0.05) is 11.8 Å². The van der Waals surface area contributed by atoms with Gasteiger partial charge in [0.2, 0.25) is 0 Å². The maximum atomic E-state index is 10.9. The van der Waals surface area contributed by atoms with E-state index >= 15 is 0 Å². The number of hydrogen-bond acceptors (Lipinski definition) is 2. The predicted octanol–water partition coefficient (Wildman–Crippen LogP) is 3.18. The molecule has 2 rings (SSSR count). The molecular weight excluding hydrogens is 198 g/mol. The topological polar surface area (TPSA) is 30.0 Å². The molecule has 2 aromatic rings. The quantitative estimate of drug-likeness (QED) is 0.714. The molecule has 1 aromatic heterocycles. The zero-order valence-electron chi connectivity index (χ0n) is 9.40. The van der Waals surface area contributed by atoms with Gasteiger partial charge in [0.15, 0.2) is 6.29 Å². The van der Waals surface area contributed by atoms with Crippen molar-refractivity contribution in [2.75, 3.05) is 0 Å². The van der Waals surface area contributed by atoms with Gasteiger partial charge in [-0.3, -0.25) is 9.78 Å². The Bertz CT molecular complexity index is 532. The lowest BCUT2D eigenvalue weighted by molar-refractivity contribution is 0.111. The molecule has 0 atom stereocenters. The maximum absolute atomic E-state index is 10.9. The summed E-state index contributed by atoms with van der Waals surface area (Å²) in [6.07, 6.45) is 2.44. The SMILES string of the molecule is Cc1ccc(-c2cccnc2C=O)c(C)c1. The Balaban J connectivity index is 2.62. The van der Waals surface area contributed by atoms with E-state index in [1.165, 1.54) is 5.56 Å². The number of nitrogens with zero attached hydrogens (tertiary/aromatic N) is 1. The molecule has 0 N–H and O–H groups in total. The number of carbonyl (C=O) groups is 1. The summed E-state index contributed by atoms with van der Waals surface area (Å²) in [6, 6.07) is 9.96. The van der Waals surface area contributed by atoms with Crippen LogP contribution in [0.4, 0.5) is 0 Å². The van der Waals surface area contributed by atoms with Gasteiger partial charge in [0.05, 0.1) is 0 Å². The first-order valence-corrected chi connectivity index (χ1v) is 5.20. The molecule has 0 radical (unpaired) electrons. The molecule has 0 spiro atoms. The summed E-state index contributed by atoms with van der Waals surface area (Å²) < 4.78 is 0. The van der Waals surface area contributed by atoms with Crippen molar-refractivity contribution in [2.24, 2.45) is 0 Å². The monoisotopic (exact) mass is 211 g/mol. The highest BCUT2D eigenvalue weighted by Gasteiger charge is 2.07. The number of hydrogen-bond donors (Lipinski definition) is 0. The third-order valence-electron chi connectivity index (χ3n) is 2.62. The highest BCUT2D eigenvalue weighted by Crippen LogP contribution is 2.25. The largest absolute Gasteiger partial charge is 0.296 e. The molecule has 0 saturated heterocycles. The summed E-state index contributed by atoms with van der Waals surface area (Å²) in [7, 11) is 0. The third kappa shape index (κ3) is 1.87. The molecular formula is C14H13NO. The fraction of sp³-hybridized carbons (Fsp3) is 0.143. The smallest absolute Gasteiger partial charge is 0.169 e. The van der Waals surface area contributed by atoms with E-state index in [1.807, 2.05) is 31.2 Å². The first-order valence-electron chi connectivity index (χ1n) is 5.20. The number of benzene rings is 1. The molecule has 2 heteroatoms. The molecule has 0 unspecified atom stereocenters. The molecule has 16 heavy (non-hydrogen) atoms. The molecule has 2 nitrogen and oxygen atoms in total. The van der Waals surface area contributed by atoms with Crippen molar-refractivity contribution in [3.63, 3.8) is 0 Å². The van der Waals surface area contributed by atoms with Crippen LogP contribution in [0.3, 0.4) is 0 Å². The summed E-state index contributed by atoms with van der Waals surface area (Å²) in [5, 5.41) is 0. The minimum atomic E-state index is 0.495. The summed E-state index contributed by atoms with van der Waals surface area (Å²) in [6.45, 7) is 4.10. The number of rotatable bonds is 2. The summed E-state index contributed by atoms with van der Waals surface area (Å²) in [4.78, 5) is 15.0. The average molecular weight is 211 g/mol. The molecule has 0 aliphatic heterocycles. The van der Waals surface area contributed by atoms with Crippen LogP contribution in [-0.2, 0) is 0 Å². The van der Waals surface area contributed by atoms with Crippen molar-refractivity contribution in [1.29, 1.82) is 0 Å². The number of aldehydes is 1. The second kappa shape index (κ2) is 4.27. The fourth-order valence-corrected chi connectivity index (χ4v) is 1.85. The van der Waals surface area contributed by atoms with E-state index in [4.69, 9.17) is 0 Å². The Hall–Kier alpha value is -1.96. The van der Waals surface area contributed by atoms with E-state index in [-0.39, 0.29) is 0 Å². The van der Waals surface area contributed by atoms with Crippen molar-refractivity contribution < 1.29 is 4.79 Å². The minimum Gasteiger partial charge on any atom is -0.296 e. The fourth-order valence-electron chi connectivity index (χ4n) is 1.85. The van der Waals surface area contributed by atoms with E-state index in [1.54, 1.807) is 6.20 Å². The lowest BCUT2D eigenvalue weighted by atomic mass is 9.98. The van der Waals surface area contributed by atoms with Gasteiger partial charge in [0.25, 0.3) is 0 Å². The molecule has 0 aliphatic rings. The van der Waals surface area contributed by atoms with Gasteiger partial charge in [0.1, 0.15) is 5.69 Å². The lowest BCUT2D eigenvalue weighted by Crippen LogP contribution is -1.93. The van der Waals surface area contributed by atoms with Crippen molar-refractivity contribution in [3.05, 3.63) is 53.3 Å². The van der Waals surface area contributed by atoms with Crippen LogP contribution in [0.25, 0.3) is 11.1 Å². The van der Waals surface area contributed by atoms with Gasteiger partial charge in [-0.2, -0.15) is 0 Å². The Morgan fingerprint density at radius 2 is 1.94 bits per heavy atom. The third-order valence-corrected chi connectivity index (χ3v) is 2.62. The second-order valence-corrected chi connectivity index (χ2v) is 3.87. The minimum absolute atomic E-state index is 0.495. The van der Waals surface area contributed by atoms with Crippen molar-refractivity contribution >= 4 is 6.29 Å². The normalized spacial score (nSPS) is 10.1. The van der Waals surface area contributed by atoms with Crippen LogP contribution >= 0.6 is 0 Å². The molecule has 80 valence electrons. The second-order valence-electron chi connectivity index (χ2n) is 3.87. The predicted molar refractivity (Wildman–Crippen MR) is 64.5 cm³/mol. The van der Waals surface area contributed by atoms with E-state index in [9.17, 15) is 4.79 Å². The first-order chi connectivity index (χ1) is 7.72. The van der Waals surface area contributed by atoms with Crippen LogP contribution in [0, 0.1) is 13.8 Å². The zero-order valence-corrected chi connectivity index (χ0v) is 9.40. The van der Waals surface area contributed by atoms with Crippen LogP contribution in [0.1, 0.15) is 21.6 Å². The van der Waals surface area contributed by atoms with Crippen molar-refractivity contribution in [3.8, 4) is 11.1 Å². The van der Waals surface area contributed by atoms with Gasteiger partial charge in [-0.1, -0.05) is 29.8 Å². The van der Waals surface area contributed by atoms with Crippen molar-refractivity contribution in [2.45, 2.75) is 13.8 Å². The highest BCUT2D eigenvalue weighted by molar-refractivity contribution is 5.86. The highest BCUT2D eigenvalue weighted by atomic mass is 16.1. The van der Waals surface area contributed by atoms with E-state index in [0.717, 1.165) is 23.0 Å². The number of aryl methyl sites for hydroxylation is 2. The summed E-state index contributed by atoms with van der Waals surface area (Å²) in [5.41, 5.74) is 4.85. The number of carbonyl (C=O) groups excluding carboxylic acids is 1. The van der Waals surface area contributed by atoms with Crippen LogP contribution in [0.5, 0.6) is 0 Å². The molecule has 0 amide bonds. The van der Waals surface area contributed by atoms with Gasteiger partial charge in [-0.05, 0) is 31.0 Å². The molecule has 0 aliphatic carbocycles. The molecule has 0 fully saturated rings. The zero-order chi connectivity index (χ0) is 11.5. The Morgan fingerprint density at radius 1 is 1.12 bits per heavy atom. The number of aromatic nitrogens is 1. The molecule has 0 saturated carbocycles. The number of pyridine rings is 1. The molecule has 0 bridgehead atoms. The molecule has 1 heterocycles. The van der Waals surface area contributed by atoms with Gasteiger partial charge in [-0.15, -0.1) is 0 Å². The summed E-state index contributed by atoms with van der Waals surface area (Å²) in [5.74, 6) is 0. The van der Waals surface area contributed by atoms with Crippen LogP contribution in [-0.4, -0.2) is 11.3 Å². The van der Waals surface area contributed by atoms with Crippen molar-refractivity contribution in [1.82, 2.24) is 4.98 Å². The Kier molecular flexibility index (Phi) is 2.82. The lowest BCUT2D eigenvalue weighted by Gasteiger charge is -2.08. The van der Waals surface area contributed by atoms with Gasteiger partial charge >= 0.3 is 0 Å². The van der Waals surface area contributed by atoms with Gasteiger partial charge in [-0.25, -0.2) is 0 Å². The van der Waals surface area contributed by atoms with E-state index in [0.29, 0.717) is 5.69 Å². The van der Waals surface area contributed by atoms with Crippen LogP contribution in [0.2, 0.25) is 0 Å². The Morgan fingerprint density at radius 3 is 2.62 bits per heavy atom. The summed E-state index contributed by atoms with van der Waals surface area (Å²) >= 11 is 0. The van der Waals surface area contributed by atoms with E-state index in [2.05, 4.69) is 18.0 Å². The van der Waals surface area contributed by atoms with E-state index < -0.39 is 0 Å². The standard InChI is InChI=1S/C14H13NO/c1-10-5-6-12(11(2)8-10)13-4-3-7-15-14(13)9-16/h3-9H,1-2H3. The van der Waals surface area contributed by atoms with Crippen LogP contribution in [0.15, 0.2) is 36.5 Å². The maximum Gasteiger partial charge on any atom is 0.169 e. The average Bonchev–Trinajstić information content (AvgIpc) is 2.29. The van der Waals surface area contributed by atoms with Gasteiger partial charge < -0.3 is 0 Å². The van der Waals surface area contributed by atoms with Crippen LogP contribution < -0.4 is 0 Å². The Labute approximate surface area is 95.0 Å². The first kappa shape index (κ1) is 10.6.